The van der Waals surface area contributed by atoms with E-state index in [1.165, 1.54) is 31.3 Å². The lowest BCUT2D eigenvalue weighted by Gasteiger charge is -2.24. The lowest BCUT2D eigenvalue weighted by molar-refractivity contribution is -0.133. The maximum atomic E-state index is 13.2. The average molecular weight is 541 g/mol. The third-order valence-corrected chi connectivity index (χ3v) is 6.42. The maximum absolute atomic E-state index is 13.2. The minimum atomic E-state index is -4.74. The van der Waals surface area contributed by atoms with Crippen molar-refractivity contribution in [2.75, 3.05) is 7.05 Å². The van der Waals surface area contributed by atoms with E-state index >= 15 is 0 Å². The number of nitrogens with two attached hydrogens (primary N) is 2. The van der Waals surface area contributed by atoms with Gasteiger partial charge in [0.1, 0.15) is 17.8 Å². The summed E-state index contributed by atoms with van der Waals surface area (Å²) < 4.78 is 15.6. The summed E-state index contributed by atoms with van der Waals surface area (Å²) in [6, 6.07) is 3.33. The second-order valence-electron chi connectivity index (χ2n) is 9.11. The van der Waals surface area contributed by atoms with Crippen LogP contribution in [-0.2, 0) is 28.5 Å². The van der Waals surface area contributed by atoms with Gasteiger partial charge in [0.2, 0.25) is 29.5 Å². The molecule has 1 saturated carbocycles. The molecule has 14 nitrogen and oxygen atoms in total. The van der Waals surface area contributed by atoms with Gasteiger partial charge in [-0.2, -0.15) is 0 Å². The van der Waals surface area contributed by atoms with Crippen LogP contribution in [0.3, 0.4) is 0 Å². The molecule has 9 N–H and O–H groups in total. The lowest BCUT2D eigenvalue weighted by atomic mass is 10.0. The Morgan fingerprint density at radius 1 is 1.05 bits per heavy atom. The molecule has 1 fully saturated rings. The van der Waals surface area contributed by atoms with E-state index in [2.05, 4.69) is 20.5 Å². The highest BCUT2D eigenvalue weighted by atomic mass is 31.2. The molecule has 15 heteroatoms. The maximum Gasteiger partial charge on any atom is 0.524 e. The van der Waals surface area contributed by atoms with E-state index in [4.69, 9.17) is 21.3 Å². The Morgan fingerprint density at radius 2 is 1.65 bits per heavy atom. The topological polar surface area (TPSA) is 240 Å². The van der Waals surface area contributed by atoms with Gasteiger partial charge in [-0.15, -0.1) is 0 Å². The molecular weight excluding hydrogens is 509 g/mol. The molecule has 0 saturated heterocycles. The van der Waals surface area contributed by atoms with E-state index in [1.807, 2.05) is 0 Å². The normalized spacial score (nSPS) is 20.3. The third-order valence-electron chi connectivity index (χ3n) is 5.97. The second-order valence-corrected chi connectivity index (χ2v) is 10.3. The average Bonchev–Trinajstić information content (AvgIpc) is 3.48. The highest BCUT2D eigenvalue weighted by Gasteiger charge is 2.56. The first-order valence-corrected chi connectivity index (χ1v) is 12.9. The number of benzene rings is 1. The predicted octanol–water partition coefficient (Wildman–Crippen LogP) is -1.39. The quantitative estimate of drug-likeness (QED) is 0.145. The number of carbonyl (C=O) groups excluding carboxylic acids is 5. The Bertz CT molecular complexity index is 1090. The van der Waals surface area contributed by atoms with Gasteiger partial charge in [-0.1, -0.05) is 26.0 Å². The Labute approximate surface area is 213 Å². The standard InChI is InChI=1S/C22H32N5O9P/c1-10(2)19(22(32)26-14(20(24)30)9-15(23)28)27-21(31)18-13(8-16(29)25-3)17(18)11-4-6-12(7-5-11)36-37(33,34)35/h4-7,10,13-14,17-19H,8-9H2,1-3H3,(H2,23,28)(H2,24,30)(H,25,29)(H,26,32)(H,27,31)(H2,33,34,35)/t13-,14+,17+,18+,19+/m1/s1. The molecule has 5 atom stereocenters. The largest absolute Gasteiger partial charge is 0.524 e. The van der Waals surface area contributed by atoms with Crippen LogP contribution >= 0.6 is 7.82 Å². The molecule has 1 aromatic carbocycles. The van der Waals surface area contributed by atoms with Crippen LogP contribution in [0.2, 0.25) is 0 Å². The van der Waals surface area contributed by atoms with Gasteiger partial charge in [-0.25, -0.2) is 4.57 Å². The molecule has 0 radical (unpaired) electrons. The van der Waals surface area contributed by atoms with Crippen molar-refractivity contribution in [3.63, 3.8) is 0 Å². The van der Waals surface area contributed by atoms with Crippen molar-refractivity contribution in [1.29, 1.82) is 0 Å². The molecule has 1 aromatic rings. The Hall–Kier alpha value is -3.48. The number of primary amides is 2. The van der Waals surface area contributed by atoms with Gasteiger partial charge in [-0.3, -0.25) is 33.8 Å². The lowest BCUT2D eigenvalue weighted by Crippen LogP contribution is -2.55. The van der Waals surface area contributed by atoms with Crippen LogP contribution in [0.25, 0.3) is 0 Å². The van der Waals surface area contributed by atoms with Gasteiger partial charge in [0.15, 0.2) is 0 Å². The summed E-state index contributed by atoms with van der Waals surface area (Å²) in [7, 11) is -3.28. The van der Waals surface area contributed by atoms with Gasteiger partial charge in [0, 0.05) is 19.4 Å². The Kier molecular flexibility index (Phi) is 9.79. The Balaban J connectivity index is 2.20. The molecule has 1 aliphatic carbocycles. The number of hydrogen-bond acceptors (Lipinski definition) is 7. The number of nitrogens with one attached hydrogen (secondary N) is 3. The minimum absolute atomic E-state index is 0.0287. The van der Waals surface area contributed by atoms with Crippen LogP contribution in [0.4, 0.5) is 0 Å². The van der Waals surface area contributed by atoms with Crippen molar-refractivity contribution in [3.8, 4) is 5.75 Å². The molecule has 5 amide bonds. The van der Waals surface area contributed by atoms with Crippen LogP contribution in [0.1, 0.15) is 38.2 Å². The molecule has 0 aliphatic heterocycles. The van der Waals surface area contributed by atoms with Gasteiger partial charge < -0.3 is 31.9 Å². The summed E-state index contributed by atoms with van der Waals surface area (Å²) in [6.45, 7) is 3.34. The zero-order valence-corrected chi connectivity index (χ0v) is 21.4. The summed E-state index contributed by atoms with van der Waals surface area (Å²) in [5, 5.41) is 7.51. The summed E-state index contributed by atoms with van der Waals surface area (Å²) >= 11 is 0. The van der Waals surface area contributed by atoms with Crippen LogP contribution in [-0.4, -0.2) is 58.5 Å². The molecule has 0 aromatic heterocycles. The second kappa shape index (κ2) is 12.2. The number of rotatable bonds is 13. The SMILES string of the molecule is CNC(=O)C[C@H]1[C@H](C(=O)N[C@H](C(=O)N[C@@H](CC(N)=O)C(N)=O)C(C)C)[C@H]1c1ccc(OP(=O)(O)O)cc1. The molecule has 0 unspecified atom stereocenters. The van der Waals surface area contributed by atoms with Crippen LogP contribution in [0.15, 0.2) is 24.3 Å². The van der Waals surface area contributed by atoms with E-state index < -0.39 is 73.6 Å². The molecule has 0 spiro atoms. The molecular formula is C22H32N5O9P. The number of phosphoric acid groups is 1. The van der Waals surface area contributed by atoms with Crippen LogP contribution in [0.5, 0.6) is 5.75 Å². The van der Waals surface area contributed by atoms with Crippen LogP contribution in [0, 0.1) is 17.8 Å². The zero-order chi connectivity index (χ0) is 28.1. The van der Waals surface area contributed by atoms with E-state index in [1.54, 1.807) is 13.8 Å². The molecule has 2 rings (SSSR count). The van der Waals surface area contributed by atoms with Crippen molar-refractivity contribution < 1.29 is 42.8 Å². The summed E-state index contributed by atoms with van der Waals surface area (Å²) in [5.74, 6) is -5.31. The van der Waals surface area contributed by atoms with Gasteiger partial charge in [0.05, 0.1) is 6.42 Å². The van der Waals surface area contributed by atoms with Crippen LogP contribution < -0.4 is 31.9 Å². The summed E-state index contributed by atoms with van der Waals surface area (Å²) in [6.07, 6.45) is -0.471. The summed E-state index contributed by atoms with van der Waals surface area (Å²) in [4.78, 5) is 78.8. The molecule has 1 aliphatic rings. The van der Waals surface area contributed by atoms with Crippen molar-refractivity contribution >= 4 is 37.4 Å². The molecule has 0 bridgehead atoms. The number of phosphoric ester groups is 1. The first-order valence-electron chi connectivity index (χ1n) is 11.4. The van der Waals surface area contributed by atoms with E-state index in [0.717, 1.165) is 0 Å². The van der Waals surface area contributed by atoms with E-state index in [9.17, 15) is 28.5 Å². The monoisotopic (exact) mass is 541 g/mol. The predicted molar refractivity (Wildman–Crippen MR) is 129 cm³/mol. The highest BCUT2D eigenvalue weighted by molar-refractivity contribution is 7.46. The molecule has 0 heterocycles. The van der Waals surface area contributed by atoms with Crippen molar-refractivity contribution in [2.24, 2.45) is 29.2 Å². The first kappa shape index (κ1) is 29.7. The molecule has 37 heavy (non-hydrogen) atoms. The van der Waals surface area contributed by atoms with Gasteiger partial charge in [0.25, 0.3) is 0 Å². The van der Waals surface area contributed by atoms with Gasteiger partial charge >= 0.3 is 7.82 Å². The zero-order valence-electron chi connectivity index (χ0n) is 20.5. The van der Waals surface area contributed by atoms with Gasteiger partial charge in [-0.05, 0) is 35.4 Å². The van der Waals surface area contributed by atoms with Crippen molar-refractivity contribution in [2.45, 2.75) is 44.7 Å². The van der Waals surface area contributed by atoms with Crippen molar-refractivity contribution in [3.05, 3.63) is 29.8 Å². The fourth-order valence-electron chi connectivity index (χ4n) is 4.11. The molecule has 204 valence electrons. The minimum Gasteiger partial charge on any atom is -0.404 e. The third kappa shape index (κ3) is 8.55. The Morgan fingerprint density at radius 3 is 2.11 bits per heavy atom. The number of carbonyl (C=O) groups is 5. The first-order chi connectivity index (χ1) is 17.1. The number of amides is 5. The number of hydrogen-bond donors (Lipinski definition) is 7. The highest BCUT2D eigenvalue weighted by Crippen LogP contribution is 2.56. The summed E-state index contributed by atoms with van der Waals surface area (Å²) in [5.41, 5.74) is 11.0. The van der Waals surface area contributed by atoms with E-state index in [0.29, 0.717) is 5.56 Å². The fourth-order valence-corrected chi connectivity index (χ4v) is 4.51. The van der Waals surface area contributed by atoms with Crippen molar-refractivity contribution in [1.82, 2.24) is 16.0 Å². The van der Waals surface area contributed by atoms with E-state index in [-0.39, 0.29) is 18.1 Å². The fraction of sp³-hybridized carbons (Fsp3) is 0.500. The smallest absolute Gasteiger partial charge is 0.404 e.